The van der Waals surface area contributed by atoms with Gasteiger partial charge in [0.1, 0.15) is 12.5 Å². The molecular formula is C48H60MgN4O5-2. The topological polar surface area (TPSA) is 126 Å². The number of fused-ring (bicyclic) bond motifs is 7. The summed E-state index contributed by atoms with van der Waals surface area (Å²) in [5.74, 6) is -2.21. The normalized spacial score (nSPS) is 22.2. The van der Waals surface area contributed by atoms with E-state index in [0.29, 0.717) is 40.2 Å². The molecular weight excluding hydrogens is 737 g/mol. The van der Waals surface area contributed by atoms with Gasteiger partial charge in [0.25, 0.3) is 0 Å². The first-order valence-electron chi connectivity index (χ1n) is 21.1. The van der Waals surface area contributed by atoms with E-state index in [-0.39, 0.29) is 59.7 Å². The van der Waals surface area contributed by atoms with E-state index >= 15 is 0 Å². The van der Waals surface area contributed by atoms with Gasteiger partial charge in [-0.05, 0) is 83.6 Å². The summed E-state index contributed by atoms with van der Waals surface area (Å²) in [4.78, 5) is 56.4. The standard InChI is InChI=1S/C48H61N4O5.Mg/c1-11-14-16-26(4)17-15-18-27(5)21-22-57-41(53)20-19-34-30(8)37-23-35-28(6)32(12-2)39(49-35)24-36-29(7)33(13-3)40(50-36)25-38-31(9)42-46(52-38)43(45(34)51-37)44(47(42)54)48(55)56-10;/h21,23-26,30,34,44H,11-20,22H2,1-10H3,(H-,51,52,54);/q-3;+2/p-1/b27-21-,36-24-,37-23-,40-25-;/t26-,30+,34+,44-;/m1./s1. The molecule has 0 radical (unpaired) electrons. The van der Waals surface area contributed by atoms with Crippen LogP contribution in [0.1, 0.15) is 154 Å². The van der Waals surface area contributed by atoms with Gasteiger partial charge < -0.3 is 29.7 Å². The minimum Gasteiger partial charge on any atom is -0.664 e. The van der Waals surface area contributed by atoms with Crippen LogP contribution >= 0.6 is 0 Å². The summed E-state index contributed by atoms with van der Waals surface area (Å²) in [5, 5.41) is 6.91. The van der Waals surface area contributed by atoms with Crippen LogP contribution in [0.5, 0.6) is 0 Å². The van der Waals surface area contributed by atoms with Crippen LogP contribution in [0.25, 0.3) is 29.1 Å². The van der Waals surface area contributed by atoms with Gasteiger partial charge in [-0.15, -0.1) is 33.5 Å². The number of carbonyl (C=O) groups is 3. The van der Waals surface area contributed by atoms with E-state index in [1.807, 2.05) is 25.2 Å². The fourth-order valence-corrected chi connectivity index (χ4v) is 9.02. The van der Waals surface area contributed by atoms with Gasteiger partial charge in [-0.25, -0.2) is 0 Å². The number of unbranched alkanes of at least 4 members (excludes halogenated alkanes) is 1. The van der Waals surface area contributed by atoms with Crippen molar-refractivity contribution >= 4 is 64.6 Å². The van der Waals surface area contributed by atoms with Crippen LogP contribution < -0.4 is 25.7 Å². The van der Waals surface area contributed by atoms with E-state index in [2.05, 4.69) is 61.5 Å². The van der Waals surface area contributed by atoms with Crippen LogP contribution in [0.3, 0.4) is 0 Å². The number of ketones is 1. The number of aromatic nitrogens is 3. The van der Waals surface area contributed by atoms with Gasteiger partial charge in [0.15, 0.2) is 5.78 Å². The Labute approximate surface area is 360 Å². The minimum atomic E-state index is -1.20. The van der Waals surface area contributed by atoms with E-state index in [1.165, 1.54) is 38.4 Å². The molecule has 6 rings (SSSR count). The predicted molar refractivity (Wildman–Crippen MR) is 232 cm³/mol. The van der Waals surface area contributed by atoms with Crippen molar-refractivity contribution in [2.24, 2.45) is 23.7 Å². The van der Waals surface area contributed by atoms with Crippen molar-refractivity contribution in [3.63, 3.8) is 0 Å². The molecule has 3 aromatic heterocycles. The average Bonchev–Trinajstić information content (AvgIpc) is 3.93. The Morgan fingerprint density at radius 2 is 1.55 bits per heavy atom. The Morgan fingerprint density at radius 3 is 2.24 bits per heavy atom. The number of ether oxygens (including phenoxy) is 2. The first kappa shape index (κ1) is 45.1. The van der Waals surface area contributed by atoms with Gasteiger partial charge in [-0.1, -0.05) is 117 Å². The van der Waals surface area contributed by atoms with E-state index in [9.17, 15) is 14.4 Å². The maximum atomic E-state index is 14.3. The molecule has 0 amide bonds. The summed E-state index contributed by atoms with van der Waals surface area (Å²) in [6.45, 7) is 19.3. The second kappa shape index (κ2) is 19.4. The molecule has 10 heteroatoms. The fraction of sp³-hybridized carbons (Fsp3) is 0.521. The number of methoxy groups -OCH3 is 1. The molecule has 0 spiro atoms. The van der Waals surface area contributed by atoms with Gasteiger partial charge in [-0.2, -0.15) is 11.4 Å². The second-order valence-electron chi connectivity index (χ2n) is 16.4. The Morgan fingerprint density at radius 1 is 0.862 bits per heavy atom. The third-order valence-electron chi connectivity index (χ3n) is 12.6. The molecule has 4 atom stereocenters. The van der Waals surface area contributed by atoms with E-state index in [1.54, 1.807) is 0 Å². The quantitative estimate of drug-likeness (QED) is 0.0660. The van der Waals surface area contributed by atoms with Crippen molar-refractivity contribution in [1.82, 2.24) is 15.0 Å². The number of esters is 2. The molecule has 8 bridgehead atoms. The summed E-state index contributed by atoms with van der Waals surface area (Å²) in [6, 6.07) is 0. The van der Waals surface area contributed by atoms with Crippen molar-refractivity contribution in [2.75, 3.05) is 13.7 Å². The van der Waals surface area contributed by atoms with Crippen molar-refractivity contribution in [1.29, 1.82) is 0 Å². The van der Waals surface area contributed by atoms with E-state index in [4.69, 9.17) is 29.7 Å². The Hall–Kier alpha value is -4.02. The zero-order chi connectivity index (χ0) is 41.1. The van der Waals surface area contributed by atoms with Crippen LogP contribution in [-0.2, 0) is 31.9 Å². The van der Waals surface area contributed by atoms with Crippen molar-refractivity contribution in [2.45, 2.75) is 127 Å². The van der Waals surface area contributed by atoms with Crippen LogP contribution in [-0.4, -0.2) is 54.5 Å². The van der Waals surface area contributed by atoms with Crippen molar-refractivity contribution < 1.29 is 23.9 Å². The maximum absolute atomic E-state index is 14.3. The third kappa shape index (κ3) is 8.93. The molecule has 3 aliphatic rings. The Kier molecular flexibility index (Phi) is 15.0. The molecule has 0 aromatic carbocycles. The average molecular weight is 797 g/mol. The number of hydrogen-bond acceptors (Lipinski definition) is 5. The summed E-state index contributed by atoms with van der Waals surface area (Å²) in [6.07, 6.45) is 17.4. The number of allylic oxidation sites excluding steroid dienone is 3. The van der Waals surface area contributed by atoms with Gasteiger partial charge in [0, 0.05) is 12.0 Å². The first-order chi connectivity index (χ1) is 27.3. The maximum Gasteiger partial charge on any atom is 2.00 e. The van der Waals surface area contributed by atoms with Gasteiger partial charge in [-0.3, -0.25) is 14.4 Å². The summed E-state index contributed by atoms with van der Waals surface area (Å²) in [7, 11) is 1.30. The van der Waals surface area contributed by atoms with E-state index in [0.717, 1.165) is 81.6 Å². The smallest absolute Gasteiger partial charge is 0.664 e. The van der Waals surface area contributed by atoms with E-state index < -0.39 is 11.9 Å². The number of carbonyl (C=O) groups excluding carboxylic acids is 3. The van der Waals surface area contributed by atoms with Crippen LogP contribution in [0.4, 0.5) is 0 Å². The molecule has 9 nitrogen and oxygen atoms in total. The summed E-state index contributed by atoms with van der Waals surface area (Å²) < 4.78 is 11.0. The molecule has 3 aromatic rings. The molecule has 0 unspecified atom stereocenters. The molecule has 0 saturated carbocycles. The molecule has 306 valence electrons. The fourth-order valence-electron chi connectivity index (χ4n) is 9.02. The SMILES string of the molecule is CCCC[C@@H](C)CCC/C(C)=C\COC(=O)CC[C@@H]1/C2=C3/c4[n-]c(c(C)c4C(=O)[C@@H]3C(=O)OC)/C=c3\[n-]/c(c(C)c3CC)=C\c3[n-]c(c(C)c3CC)/C=C(\[N-]2)[C@H]1C.[Mg+2]. The molecule has 1 aliphatic carbocycles. The van der Waals surface area contributed by atoms with Crippen LogP contribution in [0.15, 0.2) is 23.0 Å². The minimum absolute atomic E-state index is 0. The first-order valence-corrected chi connectivity index (χ1v) is 21.1. The Balaban J connectivity index is 0.00000641. The molecule has 2 aliphatic heterocycles. The molecule has 1 fully saturated rings. The predicted octanol–water partition coefficient (Wildman–Crippen LogP) is 7.84. The monoisotopic (exact) mass is 796 g/mol. The second-order valence-corrected chi connectivity index (χ2v) is 16.4. The van der Waals surface area contributed by atoms with Crippen molar-refractivity contribution in [3.05, 3.63) is 95.2 Å². The Bertz CT molecular complexity index is 2260. The molecule has 0 N–H and O–H groups in total. The molecule has 1 saturated heterocycles. The van der Waals surface area contributed by atoms with Gasteiger partial charge in [0.2, 0.25) is 0 Å². The largest absolute Gasteiger partial charge is 2.00 e. The summed E-state index contributed by atoms with van der Waals surface area (Å²) in [5.41, 5.74) is 11.4. The number of nitrogens with zero attached hydrogens (tertiary/aromatic N) is 4. The molecule has 58 heavy (non-hydrogen) atoms. The zero-order valence-electron chi connectivity index (χ0n) is 36.4. The third-order valence-corrected chi connectivity index (χ3v) is 12.6. The van der Waals surface area contributed by atoms with Crippen LogP contribution in [0, 0.1) is 44.4 Å². The number of rotatable bonds is 15. The number of Topliss-reactive ketones (excluding diaryl/α,β-unsaturated/α-hetero) is 1. The van der Waals surface area contributed by atoms with Gasteiger partial charge in [0.05, 0.1) is 7.11 Å². The van der Waals surface area contributed by atoms with Crippen LogP contribution in [0.2, 0.25) is 0 Å². The molecule has 5 heterocycles. The van der Waals surface area contributed by atoms with Gasteiger partial charge >= 0.3 is 35.0 Å². The zero-order valence-corrected chi connectivity index (χ0v) is 37.8. The van der Waals surface area contributed by atoms with Crippen molar-refractivity contribution in [3.8, 4) is 0 Å². The number of hydrogen-bond donors (Lipinski definition) is 0. The summed E-state index contributed by atoms with van der Waals surface area (Å²) >= 11 is 0.